The average molecular weight is 485 g/mol. The van der Waals surface area contributed by atoms with Crippen LogP contribution in [-0.2, 0) is 0 Å². The van der Waals surface area contributed by atoms with Gasteiger partial charge in [-0.15, -0.1) is 0 Å². The fourth-order valence-electron chi connectivity index (χ4n) is 4.85. The van der Waals surface area contributed by atoms with Crippen molar-refractivity contribution in [2.24, 2.45) is 5.92 Å². The van der Waals surface area contributed by atoms with Gasteiger partial charge >= 0.3 is 0 Å². The Morgan fingerprint density at radius 1 is 0.806 bits per heavy atom. The summed E-state index contributed by atoms with van der Waals surface area (Å²) in [5.74, 6) is 0.768. The minimum absolute atomic E-state index is 0.354. The van der Waals surface area contributed by atoms with Crippen molar-refractivity contribution >= 4 is 33.1 Å². The molecule has 0 aliphatic heterocycles. The number of benzene rings is 2. The van der Waals surface area contributed by atoms with Gasteiger partial charge in [0.05, 0.1) is 12.5 Å². The number of fused-ring (bicyclic) bond motifs is 2. The number of likely N-dealkylation sites (N-methyl/N-ethyl adjacent to an activating group) is 2. The molecule has 4 heteroatoms. The van der Waals surface area contributed by atoms with E-state index in [1.54, 1.807) is 12.5 Å². The van der Waals surface area contributed by atoms with Gasteiger partial charge in [-0.3, -0.25) is 0 Å². The standard InChI is InChI=1S/C16H19NO.C16H21NO/c1-3-17-16(13-5-6-13)11(2)14-7-4-12-8-9-18-15(12)10-14;1-4-6-15(17-5-2)12(3)14-8-7-13-9-10-18-16(13)11-14/h4,7-10,13,16-17H,2-3,5-6H2,1H3;7-11,15,17H,3-6H2,1-2H3. The zero-order chi connectivity index (χ0) is 25.5. The molecule has 4 nitrogen and oxygen atoms in total. The van der Waals surface area contributed by atoms with Crippen molar-refractivity contribution in [3.05, 3.63) is 85.3 Å². The molecular weight excluding hydrogens is 444 g/mol. The predicted molar refractivity (Wildman–Crippen MR) is 153 cm³/mol. The number of rotatable bonds is 11. The summed E-state index contributed by atoms with van der Waals surface area (Å²) in [6.07, 6.45) is 8.37. The summed E-state index contributed by atoms with van der Waals surface area (Å²) in [7, 11) is 0. The van der Waals surface area contributed by atoms with E-state index in [0.29, 0.717) is 12.1 Å². The van der Waals surface area contributed by atoms with Crippen LogP contribution < -0.4 is 10.6 Å². The molecule has 0 radical (unpaired) electrons. The van der Waals surface area contributed by atoms with Crippen molar-refractivity contribution < 1.29 is 8.83 Å². The van der Waals surface area contributed by atoms with Crippen LogP contribution in [0.15, 0.2) is 83.0 Å². The van der Waals surface area contributed by atoms with Crippen molar-refractivity contribution in [2.45, 2.75) is 58.5 Å². The summed E-state index contributed by atoms with van der Waals surface area (Å²) >= 11 is 0. The molecule has 190 valence electrons. The fraction of sp³-hybridized carbons (Fsp3) is 0.375. The minimum Gasteiger partial charge on any atom is -0.464 e. The molecule has 5 rings (SSSR count). The molecule has 36 heavy (non-hydrogen) atoms. The third kappa shape index (κ3) is 6.18. The van der Waals surface area contributed by atoms with Gasteiger partial charge in [0.15, 0.2) is 0 Å². The third-order valence-corrected chi connectivity index (χ3v) is 7.00. The Balaban J connectivity index is 0.000000169. The first kappa shape index (κ1) is 26.0. The number of hydrogen-bond donors (Lipinski definition) is 2. The molecule has 4 aromatic rings. The first-order valence-corrected chi connectivity index (χ1v) is 13.3. The molecule has 0 spiro atoms. The van der Waals surface area contributed by atoms with Crippen LogP contribution in [0.3, 0.4) is 0 Å². The van der Waals surface area contributed by atoms with Crippen LogP contribution in [0.2, 0.25) is 0 Å². The Morgan fingerprint density at radius 2 is 1.36 bits per heavy atom. The molecule has 0 bridgehead atoms. The summed E-state index contributed by atoms with van der Waals surface area (Å²) in [4.78, 5) is 0. The van der Waals surface area contributed by atoms with Gasteiger partial charge < -0.3 is 19.5 Å². The van der Waals surface area contributed by atoms with Crippen LogP contribution in [0, 0.1) is 5.92 Å². The number of furan rings is 2. The maximum absolute atomic E-state index is 5.46. The minimum atomic E-state index is 0.354. The zero-order valence-corrected chi connectivity index (χ0v) is 22.0. The molecule has 1 aliphatic carbocycles. The highest BCUT2D eigenvalue weighted by atomic mass is 16.3. The molecule has 2 aromatic heterocycles. The third-order valence-electron chi connectivity index (χ3n) is 7.00. The van der Waals surface area contributed by atoms with E-state index in [9.17, 15) is 0 Å². The van der Waals surface area contributed by atoms with E-state index in [-0.39, 0.29) is 0 Å². The molecule has 1 aliphatic rings. The topological polar surface area (TPSA) is 50.3 Å². The van der Waals surface area contributed by atoms with E-state index in [1.807, 2.05) is 12.1 Å². The molecule has 2 unspecified atom stereocenters. The van der Waals surface area contributed by atoms with Crippen LogP contribution in [0.1, 0.15) is 57.6 Å². The largest absolute Gasteiger partial charge is 0.464 e. The average Bonchev–Trinajstić information content (AvgIpc) is 3.43. The second-order valence-corrected chi connectivity index (χ2v) is 9.67. The van der Waals surface area contributed by atoms with Gasteiger partial charge in [0, 0.05) is 22.9 Å². The fourth-order valence-corrected chi connectivity index (χ4v) is 4.85. The highest BCUT2D eigenvalue weighted by Crippen LogP contribution is 2.38. The van der Waals surface area contributed by atoms with Crippen LogP contribution in [-0.4, -0.2) is 25.2 Å². The highest BCUT2D eigenvalue weighted by molar-refractivity contribution is 5.83. The first-order valence-electron chi connectivity index (χ1n) is 13.3. The van der Waals surface area contributed by atoms with E-state index >= 15 is 0 Å². The van der Waals surface area contributed by atoms with E-state index < -0.39 is 0 Å². The van der Waals surface area contributed by atoms with Gasteiger partial charge in [0.2, 0.25) is 0 Å². The first-order chi connectivity index (χ1) is 17.5. The number of hydrogen-bond acceptors (Lipinski definition) is 4. The van der Waals surface area contributed by atoms with Crippen molar-refractivity contribution in [1.82, 2.24) is 10.6 Å². The molecule has 1 saturated carbocycles. The van der Waals surface area contributed by atoms with E-state index in [2.05, 4.69) is 81.0 Å². The number of nitrogens with one attached hydrogen (secondary N) is 2. The summed E-state index contributed by atoms with van der Waals surface area (Å²) in [6, 6.07) is 17.4. The molecule has 2 atom stereocenters. The Bertz CT molecular complexity index is 1290. The van der Waals surface area contributed by atoms with Gasteiger partial charge in [-0.05, 0) is 84.8 Å². The summed E-state index contributed by atoms with van der Waals surface area (Å²) < 4.78 is 10.9. The molecule has 2 N–H and O–H groups in total. The van der Waals surface area contributed by atoms with E-state index in [0.717, 1.165) is 64.9 Å². The summed E-state index contributed by atoms with van der Waals surface area (Å²) in [5.41, 5.74) is 6.57. The smallest absolute Gasteiger partial charge is 0.134 e. The summed E-state index contributed by atoms with van der Waals surface area (Å²) in [6.45, 7) is 17.0. The second kappa shape index (κ2) is 12.2. The Morgan fingerprint density at radius 3 is 1.86 bits per heavy atom. The lowest BCUT2D eigenvalue weighted by molar-refractivity contribution is 0.571. The summed E-state index contributed by atoms with van der Waals surface area (Å²) in [5, 5.41) is 9.34. The Hall–Kier alpha value is -3.08. The van der Waals surface area contributed by atoms with Gasteiger partial charge in [-0.25, -0.2) is 0 Å². The van der Waals surface area contributed by atoms with Crippen molar-refractivity contribution in [3.63, 3.8) is 0 Å². The lowest BCUT2D eigenvalue weighted by atomic mass is 9.96. The molecular formula is C32H40N2O2. The maximum Gasteiger partial charge on any atom is 0.134 e. The van der Waals surface area contributed by atoms with Crippen molar-refractivity contribution in [2.75, 3.05) is 13.1 Å². The van der Waals surface area contributed by atoms with E-state index in [4.69, 9.17) is 8.83 Å². The quantitative estimate of drug-likeness (QED) is 0.226. The van der Waals surface area contributed by atoms with E-state index in [1.165, 1.54) is 24.0 Å². The molecule has 2 heterocycles. The van der Waals surface area contributed by atoms with Crippen molar-refractivity contribution in [3.8, 4) is 0 Å². The molecule has 2 aromatic carbocycles. The lowest BCUT2D eigenvalue weighted by Crippen LogP contribution is -2.31. The lowest BCUT2D eigenvalue weighted by Gasteiger charge is -2.20. The molecule has 1 fully saturated rings. The van der Waals surface area contributed by atoms with Crippen LogP contribution in [0.25, 0.3) is 33.1 Å². The monoisotopic (exact) mass is 484 g/mol. The molecule has 0 amide bonds. The van der Waals surface area contributed by atoms with Gasteiger partial charge in [-0.2, -0.15) is 0 Å². The van der Waals surface area contributed by atoms with Gasteiger partial charge in [0.1, 0.15) is 11.2 Å². The van der Waals surface area contributed by atoms with Crippen LogP contribution in [0.4, 0.5) is 0 Å². The van der Waals surface area contributed by atoms with Crippen LogP contribution in [0.5, 0.6) is 0 Å². The normalized spacial score (nSPS) is 14.9. The Labute approximate surface area is 215 Å². The zero-order valence-electron chi connectivity index (χ0n) is 22.0. The predicted octanol–water partition coefficient (Wildman–Crippen LogP) is 8.06. The highest BCUT2D eigenvalue weighted by Gasteiger charge is 2.32. The van der Waals surface area contributed by atoms with Gasteiger partial charge in [0.25, 0.3) is 0 Å². The Kier molecular flexibility index (Phi) is 8.84. The SMILES string of the molecule is C=C(c1ccc2ccoc2c1)C(CCC)NCC.C=C(c1ccc2ccoc2c1)C(NCC)C1CC1. The van der Waals surface area contributed by atoms with Crippen molar-refractivity contribution in [1.29, 1.82) is 0 Å². The molecule has 0 saturated heterocycles. The second-order valence-electron chi connectivity index (χ2n) is 9.67. The van der Waals surface area contributed by atoms with Crippen LogP contribution >= 0.6 is 0 Å². The maximum atomic E-state index is 5.46. The van der Waals surface area contributed by atoms with Gasteiger partial charge in [-0.1, -0.05) is 64.6 Å².